The summed E-state index contributed by atoms with van der Waals surface area (Å²) in [7, 11) is 0. The van der Waals surface area contributed by atoms with Crippen LogP contribution < -0.4 is 0 Å². The number of unbranched alkanes of at least 4 members (excludes halogenated alkanes) is 2. The highest BCUT2D eigenvalue weighted by Gasteiger charge is 1.98. The van der Waals surface area contributed by atoms with Crippen molar-refractivity contribution in [1.82, 2.24) is 15.0 Å². The van der Waals surface area contributed by atoms with Crippen LogP contribution in [0.5, 0.6) is 0 Å². The molecule has 1 heterocycles. The summed E-state index contributed by atoms with van der Waals surface area (Å²) >= 11 is 0. The van der Waals surface area contributed by atoms with E-state index in [1.54, 1.807) is 0 Å². The molecule has 13 heavy (non-hydrogen) atoms. The monoisotopic (exact) mass is 185 g/mol. The van der Waals surface area contributed by atoms with Gasteiger partial charge in [0.05, 0.1) is 12.4 Å². The molecule has 1 aromatic rings. The van der Waals surface area contributed by atoms with E-state index in [2.05, 4.69) is 10.3 Å². The molecule has 0 aromatic carbocycles. The summed E-state index contributed by atoms with van der Waals surface area (Å²) in [6, 6.07) is 0. The maximum absolute atomic E-state index is 11.7. The number of aryl methyl sites for hydroxylation is 2. The maximum atomic E-state index is 11.7. The van der Waals surface area contributed by atoms with Gasteiger partial charge >= 0.3 is 0 Å². The third-order valence-electron chi connectivity index (χ3n) is 1.98. The van der Waals surface area contributed by atoms with Gasteiger partial charge in [-0.15, -0.1) is 5.10 Å². The Balaban J connectivity index is 2.20. The van der Waals surface area contributed by atoms with Gasteiger partial charge in [0.15, 0.2) is 0 Å². The minimum Gasteiger partial charge on any atom is -0.253 e. The molecule has 74 valence electrons. The Labute approximate surface area is 77.9 Å². The van der Waals surface area contributed by atoms with E-state index < -0.39 is 0 Å². The predicted octanol–water partition coefficient (Wildman–Crippen LogP) is 1.98. The van der Waals surface area contributed by atoms with Crippen LogP contribution in [-0.2, 0) is 13.0 Å². The Morgan fingerprint density at radius 3 is 2.85 bits per heavy atom. The van der Waals surface area contributed by atoms with Crippen molar-refractivity contribution < 1.29 is 4.39 Å². The number of alkyl halides is 1. The Morgan fingerprint density at radius 2 is 2.23 bits per heavy atom. The molecular formula is C9H16FN3. The van der Waals surface area contributed by atoms with Crippen LogP contribution in [0.4, 0.5) is 4.39 Å². The van der Waals surface area contributed by atoms with Gasteiger partial charge in [-0.05, 0) is 26.2 Å². The van der Waals surface area contributed by atoms with E-state index >= 15 is 0 Å². The molecule has 0 saturated heterocycles. The molecule has 0 fully saturated rings. The average Bonchev–Trinajstić information content (AvgIpc) is 2.60. The van der Waals surface area contributed by atoms with Gasteiger partial charge in [-0.25, -0.2) is 0 Å². The Kier molecular flexibility index (Phi) is 4.43. The van der Waals surface area contributed by atoms with Crippen molar-refractivity contribution >= 4 is 0 Å². The quantitative estimate of drug-likeness (QED) is 0.634. The van der Waals surface area contributed by atoms with Crippen LogP contribution in [0.3, 0.4) is 0 Å². The largest absolute Gasteiger partial charge is 0.253 e. The lowest BCUT2D eigenvalue weighted by molar-refractivity contribution is 0.456. The second-order valence-corrected chi connectivity index (χ2v) is 3.07. The van der Waals surface area contributed by atoms with Crippen LogP contribution in [0.2, 0.25) is 0 Å². The van der Waals surface area contributed by atoms with Crippen molar-refractivity contribution in [3.63, 3.8) is 0 Å². The van der Waals surface area contributed by atoms with E-state index in [1.807, 2.05) is 17.8 Å². The summed E-state index contributed by atoms with van der Waals surface area (Å²) in [5, 5.41) is 7.93. The van der Waals surface area contributed by atoms with Gasteiger partial charge in [-0.1, -0.05) is 11.6 Å². The smallest absolute Gasteiger partial charge is 0.0894 e. The van der Waals surface area contributed by atoms with Crippen LogP contribution in [0.1, 0.15) is 31.9 Å². The molecule has 0 radical (unpaired) electrons. The molecule has 0 aliphatic heterocycles. The van der Waals surface area contributed by atoms with E-state index in [0.29, 0.717) is 6.42 Å². The van der Waals surface area contributed by atoms with Crippen molar-refractivity contribution in [2.24, 2.45) is 0 Å². The lowest BCUT2D eigenvalue weighted by atomic mass is 10.2. The molecule has 0 atom stereocenters. The van der Waals surface area contributed by atoms with Gasteiger partial charge in [-0.3, -0.25) is 9.07 Å². The first kappa shape index (κ1) is 10.2. The van der Waals surface area contributed by atoms with Crippen LogP contribution in [0.15, 0.2) is 6.20 Å². The molecule has 0 bridgehead atoms. The molecule has 1 rings (SSSR count). The first-order valence-electron chi connectivity index (χ1n) is 4.81. The summed E-state index contributed by atoms with van der Waals surface area (Å²) in [6.07, 6.45) is 5.49. The topological polar surface area (TPSA) is 30.7 Å². The molecule has 0 spiro atoms. The van der Waals surface area contributed by atoms with Gasteiger partial charge in [0.2, 0.25) is 0 Å². The van der Waals surface area contributed by atoms with E-state index in [0.717, 1.165) is 31.5 Å². The molecular weight excluding hydrogens is 169 g/mol. The van der Waals surface area contributed by atoms with Gasteiger partial charge in [0.25, 0.3) is 0 Å². The Hall–Kier alpha value is -0.930. The van der Waals surface area contributed by atoms with Crippen molar-refractivity contribution in [1.29, 1.82) is 0 Å². The number of halogens is 1. The minimum atomic E-state index is -0.207. The molecule has 4 heteroatoms. The molecule has 1 aromatic heterocycles. The summed E-state index contributed by atoms with van der Waals surface area (Å²) in [4.78, 5) is 0. The first-order valence-corrected chi connectivity index (χ1v) is 4.81. The first-order chi connectivity index (χ1) is 6.36. The fourth-order valence-corrected chi connectivity index (χ4v) is 1.19. The average molecular weight is 185 g/mol. The molecule has 0 saturated carbocycles. The van der Waals surface area contributed by atoms with Gasteiger partial charge in [0, 0.05) is 12.7 Å². The standard InChI is InChI=1S/C9H16FN3/c1-2-13-8-9(11-12-13)6-4-3-5-7-10/h8H,2-7H2,1H3. The highest BCUT2D eigenvalue weighted by molar-refractivity contribution is 4.91. The number of hydrogen-bond acceptors (Lipinski definition) is 2. The Bertz CT molecular complexity index is 235. The highest BCUT2D eigenvalue weighted by Crippen LogP contribution is 2.03. The highest BCUT2D eigenvalue weighted by atomic mass is 19.1. The molecule has 0 amide bonds. The third-order valence-corrected chi connectivity index (χ3v) is 1.98. The van der Waals surface area contributed by atoms with E-state index in [1.165, 1.54) is 0 Å². The van der Waals surface area contributed by atoms with Crippen molar-refractivity contribution in [3.8, 4) is 0 Å². The zero-order valence-corrected chi connectivity index (χ0v) is 8.04. The second-order valence-electron chi connectivity index (χ2n) is 3.07. The number of nitrogens with zero attached hydrogens (tertiary/aromatic N) is 3. The SMILES string of the molecule is CCn1cc(CCCCCF)nn1. The van der Waals surface area contributed by atoms with Crippen LogP contribution in [0.25, 0.3) is 0 Å². The third kappa shape index (κ3) is 3.53. The minimum absolute atomic E-state index is 0.207. The summed E-state index contributed by atoms with van der Waals surface area (Å²) in [5.74, 6) is 0. The van der Waals surface area contributed by atoms with Gasteiger partial charge < -0.3 is 0 Å². The lowest BCUT2D eigenvalue weighted by Crippen LogP contribution is -1.93. The van der Waals surface area contributed by atoms with Gasteiger partial charge in [-0.2, -0.15) is 0 Å². The van der Waals surface area contributed by atoms with Crippen molar-refractivity contribution in [3.05, 3.63) is 11.9 Å². The predicted molar refractivity (Wildman–Crippen MR) is 49.2 cm³/mol. The zero-order chi connectivity index (χ0) is 9.52. The zero-order valence-electron chi connectivity index (χ0n) is 8.04. The van der Waals surface area contributed by atoms with Crippen molar-refractivity contribution in [2.45, 2.75) is 39.2 Å². The lowest BCUT2D eigenvalue weighted by Gasteiger charge is -1.94. The fraction of sp³-hybridized carbons (Fsp3) is 0.778. The molecule has 3 nitrogen and oxygen atoms in total. The summed E-state index contributed by atoms with van der Waals surface area (Å²) in [6.45, 7) is 2.68. The molecule has 0 aliphatic carbocycles. The van der Waals surface area contributed by atoms with E-state index in [-0.39, 0.29) is 6.67 Å². The van der Waals surface area contributed by atoms with Gasteiger partial charge in [0.1, 0.15) is 0 Å². The number of aromatic nitrogens is 3. The maximum Gasteiger partial charge on any atom is 0.0894 e. The van der Waals surface area contributed by atoms with Crippen LogP contribution >= 0.6 is 0 Å². The molecule has 0 unspecified atom stereocenters. The van der Waals surface area contributed by atoms with E-state index in [4.69, 9.17) is 0 Å². The normalized spacial score (nSPS) is 10.6. The van der Waals surface area contributed by atoms with E-state index in [9.17, 15) is 4.39 Å². The van der Waals surface area contributed by atoms with Crippen LogP contribution in [0, 0.1) is 0 Å². The molecule has 0 aliphatic rings. The number of rotatable bonds is 6. The fourth-order valence-electron chi connectivity index (χ4n) is 1.19. The second kappa shape index (κ2) is 5.67. The Morgan fingerprint density at radius 1 is 1.38 bits per heavy atom. The molecule has 0 N–H and O–H groups in total. The van der Waals surface area contributed by atoms with Crippen molar-refractivity contribution in [2.75, 3.05) is 6.67 Å². The van der Waals surface area contributed by atoms with Crippen LogP contribution in [-0.4, -0.2) is 21.7 Å². The number of hydrogen-bond donors (Lipinski definition) is 0. The summed E-state index contributed by atoms with van der Waals surface area (Å²) in [5.41, 5.74) is 1.01. The summed E-state index contributed by atoms with van der Waals surface area (Å²) < 4.78 is 13.6.